The molecule has 3 rings (SSSR count). The summed E-state index contributed by atoms with van der Waals surface area (Å²) >= 11 is 0. The standard InChI is InChI=1S/C40H63N5O19S/c1-26-22-34(50)45(38(26)54)11-7-31(47)42-10-14-59-16-18-61-20-19-60-17-15-58-13-8-32(48)41-9-6-33(49)43-28-23-27(25-62-40(55)44(2)12-21-65(3,56)57)4-5-29(28)63-39-37(53)36(52)35(51)30(24-46)64-39/h4-5,23,26,30,35-37,39,46,51-53H,6-22,24-25H2,1-3H3,(H,41,48)(H,42,47)(H,43,49)/t26?,30-,35+,36+,37-,39-/m1/s1. The van der Waals surface area contributed by atoms with Gasteiger partial charge in [0.2, 0.25) is 35.8 Å². The summed E-state index contributed by atoms with van der Waals surface area (Å²) in [5.74, 6) is -2.43. The van der Waals surface area contributed by atoms with Crippen molar-refractivity contribution < 1.29 is 90.8 Å². The van der Waals surface area contributed by atoms with Crippen LogP contribution >= 0.6 is 0 Å². The van der Waals surface area contributed by atoms with Gasteiger partial charge in [-0.3, -0.25) is 28.9 Å². The van der Waals surface area contributed by atoms with Crippen molar-refractivity contribution in [1.29, 1.82) is 0 Å². The molecule has 24 nitrogen and oxygen atoms in total. The van der Waals surface area contributed by atoms with Crippen LogP contribution in [0.4, 0.5) is 10.5 Å². The molecule has 1 unspecified atom stereocenters. The molecule has 0 saturated carbocycles. The van der Waals surface area contributed by atoms with Crippen molar-refractivity contribution in [2.24, 2.45) is 5.92 Å². The van der Waals surface area contributed by atoms with E-state index in [1.165, 1.54) is 25.2 Å². The molecular weight excluding hydrogens is 887 g/mol. The lowest BCUT2D eigenvalue weighted by atomic mass is 9.99. The zero-order chi connectivity index (χ0) is 47.9. The highest BCUT2D eigenvalue weighted by Crippen LogP contribution is 2.31. The molecule has 2 aliphatic heterocycles. The molecule has 25 heteroatoms. The van der Waals surface area contributed by atoms with Gasteiger partial charge in [0.05, 0.1) is 70.9 Å². The Balaban J connectivity index is 1.28. The van der Waals surface area contributed by atoms with E-state index in [1.807, 2.05) is 0 Å². The lowest BCUT2D eigenvalue weighted by Gasteiger charge is -2.39. The number of nitrogens with one attached hydrogen (secondary N) is 3. The second-order valence-corrected chi connectivity index (χ2v) is 17.4. The quantitative estimate of drug-likeness (QED) is 0.0304. The molecule has 6 amide bonds. The summed E-state index contributed by atoms with van der Waals surface area (Å²) < 4.78 is 61.1. The molecule has 0 spiro atoms. The minimum atomic E-state index is -3.33. The Bertz CT molecular complexity index is 1820. The van der Waals surface area contributed by atoms with Crippen molar-refractivity contribution in [1.82, 2.24) is 20.4 Å². The Labute approximate surface area is 377 Å². The van der Waals surface area contributed by atoms with Gasteiger partial charge in [0.15, 0.2) is 0 Å². The summed E-state index contributed by atoms with van der Waals surface area (Å²) in [6, 6.07) is 4.22. The summed E-state index contributed by atoms with van der Waals surface area (Å²) in [5, 5.41) is 48.3. The van der Waals surface area contributed by atoms with Gasteiger partial charge in [-0.1, -0.05) is 13.0 Å². The predicted molar refractivity (Wildman–Crippen MR) is 226 cm³/mol. The smallest absolute Gasteiger partial charge is 0.409 e. The molecule has 7 N–H and O–H groups in total. The van der Waals surface area contributed by atoms with Gasteiger partial charge in [-0.15, -0.1) is 0 Å². The maximum absolute atomic E-state index is 13.0. The molecule has 2 aliphatic rings. The molecule has 1 aromatic carbocycles. The lowest BCUT2D eigenvalue weighted by molar-refractivity contribution is -0.277. The highest BCUT2D eigenvalue weighted by atomic mass is 32.2. The van der Waals surface area contributed by atoms with Crippen molar-refractivity contribution in [2.45, 2.75) is 69.9 Å². The number of amides is 6. The first-order valence-electron chi connectivity index (χ1n) is 21.0. The number of anilines is 1. The van der Waals surface area contributed by atoms with Gasteiger partial charge in [-0.05, 0) is 17.7 Å². The number of likely N-dealkylation sites (tertiary alicyclic amines) is 1. The fourth-order valence-electron chi connectivity index (χ4n) is 6.00. The maximum Gasteiger partial charge on any atom is 0.409 e. The highest BCUT2D eigenvalue weighted by Gasteiger charge is 2.45. The van der Waals surface area contributed by atoms with E-state index in [-0.39, 0.29) is 132 Å². The fraction of sp³-hybridized carbons (Fsp3) is 0.700. The minimum Gasteiger partial charge on any atom is -0.460 e. The van der Waals surface area contributed by atoms with Crippen molar-refractivity contribution in [3.8, 4) is 5.75 Å². The van der Waals surface area contributed by atoms with Crippen molar-refractivity contribution in [3.05, 3.63) is 23.8 Å². The monoisotopic (exact) mass is 949 g/mol. The van der Waals surface area contributed by atoms with E-state index in [1.54, 1.807) is 6.92 Å². The number of ether oxygens (including phenoxy) is 7. The van der Waals surface area contributed by atoms with E-state index >= 15 is 0 Å². The number of aliphatic hydroxyl groups excluding tert-OH is 4. The number of hydrogen-bond acceptors (Lipinski definition) is 19. The predicted octanol–water partition coefficient (Wildman–Crippen LogP) is -2.72. The first-order chi connectivity index (χ1) is 30.9. The third kappa shape index (κ3) is 20.2. The van der Waals surface area contributed by atoms with Crippen LogP contribution in [0.5, 0.6) is 5.75 Å². The van der Waals surface area contributed by atoms with Crippen molar-refractivity contribution in [3.63, 3.8) is 0 Å². The molecule has 2 saturated heterocycles. The van der Waals surface area contributed by atoms with E-state index < -0.39 is 59.2 Å². The van der Waals surface area contributed by atoms with E-state index in [9.17, 15) is 57.6 Å². The van der Waals surface area contributed by atoms with Gasteiger partial charge < -0.3 is 74.4 Å². The van der Waals surface area contributed by atoms with Gasteiger partial charge in [-0.2, -0.15) is 0 Å². The van der Waals surface area contributed by atoms with Crippen LogP contribution in [-0.2, 0) is 68.8 Å². The van der Waals surface area contributed by atoms with Crippen LogP contribution in [0.15, 0.2) is 18.2 Å². The number of rotatable bonds is 30. The number of nitrogens with zero attached hydrogens (tertiary/aromatic N) is 2. The number of hydrogen-bond donors (Lipinski definition) is 7. The van der Waals surface area contributed by atoms with E-state index in [0.29, 0.717) is 32.0 Å². The van der Waals surface area contributed by atoms with Gasteiger partial charge in [-0.25, -0.2) is 13.2 Å². The fourth-order valence-corrected chi connectivity index (χ4v) is 6.60. The number of imide groups is 1. The van der Waals surface area contributed by atoms with Crippen LogP contribution in [0.25, 0.3) is 0 Å². The Morgan fingerprint density at radius 2 is 1.45 bits per heavy atom. The van der Waals surface area contributed by atoms with E-state index in [4.69, 9.17) is 33.2 Å². The molecule has 2 heterocycles. The Morgan fingerprint density at radius 1 is 0.831 bits per heavy atom. The number of carbonyl (C=O) groups excluding carboxylic acids is 6. The molecule has 6 atom stereocenters. The van der Waals surface area contributed by atoms with Crippen LogP contribution in [0.1, 0.15) is 38.2 Å². The zero-order valence-corrected chi connectivity index (χ0v) is 37.7. The average molecular weight is 950 g/mol. The third-order valence-electron chi connectivity index (χ3n) is 9.75. The van der Waals surface area contributed by atoms with Gasteiger partial charge in [0.1, 0.15) is 46.6 Å². The van der Waals surface area contributed by atoms with Gasteiger partial charge >= 0.3 is 6.09 Å². The van der Waals surface area contributed by atoms with Crippen LogP contribution < -0.4 is 20.7 Å². The number of carbonyl (C=O) groups is 6. The maximum atomic E-state index is 13.0. The van der Waals surface area contributed by atoms with Crippen molar-refractivity contribution >= 4 is 51.2 Å². The first-order valence-corrected chi connectivity index (χ1v) is 23.1. The third-order valence-corrected chi connectivity index (χ3v) is 10.7. The van der Waals surface area contributed by atoms with E-state index in [2.05, 4.69) is 16.0 Å². The summed E-state index contributed by atoms with van der Waals surface area (Å²) in [6.45, 7) is 2.93. The molecule has 1 aromatic rings. The normalized spacial score (nSPS) is 20.9. The molecule has 2 fully saturated rings. The SMILES string of the molecule is CC1CC(=O)N(CCC(=O)NCCOCCOCCOCCOCCC(=O)NCCC(=O)Nc2cc(COC(=O)N(C)CCS(C)(=O)=O)ccc2O[C@@H]2O[C@H](CO)[C@H](O)[C@H](O)[C@H]2O)C1=O. The first kappa shape index (κ1) is 54.8. The Hall–Kier alpha value is -4.57. The Kier molecular flexibility index (Phi) is 24.0. The summed E-state index contributed by atoms with van der Waals surface area (Å²) in [7, 11) is -1.96. The molecule has 368 valence electrons. The highest BCUT2D eigenvalue weighted by molar-refractivity contribution is 7.90. The topological polar surface area (TPSA) is 325 Å². The number of aliphatic hydroxyl groups is 4. The second-order valence-electron chi connectivity index (χ2n) is 15.2. The molecule has 0 radical (unpaired) electrons. The summed E-state index contributed by atoms with van der Waals surface area (Å²) in [5.41, 5.74) is 0.379. The van der Waals surface area contributed by atoms with Gasteiger partial charge in [0.25, 0.3) is 0 Å². The zero-order valence-electron chi connectivity index (χ0n) is 36.8. The van der Waals surface area contributed by atoms with E-state index in [0.717, 1.165) is 16.1 Å². The number of sulfone groups is 1. The average Bonchev–Trinajstić information content (AvgIpc) is 3.51. The summed E-state index contributed by atoms with van der Waals surface area (Å²) in [4.78, 5) is 75.6. The molecule has 0 aliphatic carbocycles. The second kappa shape index (κ2) is 28.5. The van der Waals surface area contributed by atoms with Crippen LogP contribution in [0, 0.1) is 5.92 Å². The lowest BCUT2D eigenvalue weighted by Crippen LogP contribution is -2.60. The summed E-state index contributed by atoms with van der Waals surface area (Å²) in [6.07, 6.45) is -7.72. The molecular formula is C40H63N5O19S. The Morgan fingerprint density at radius 3 is 2.06 bits per heavy atom. The largest absolute Gasteiger partial charge is 0.460 e. The van der Waals surface area contributed by atoms with Gasteiger partial charge in [0, 0.05) is 71.1 Å². The van der Waals surface area contributed by atoms with Crippen LogP contribution in [-0.4, -0.2) is 210 Å². The molecule has 65 heavy (non-hydrogen) atoms. The minimum absolute atomic E-state index is 0.00959. The molecule has 0 aromatic heterocycles. The van der Waals surface area contributed by atoms with Crippen LogP contribution in [0.3, 0.4) is 0 Å². The van der Waals surface area contributed by atoms with Crippen LogP contribution in [0.2, 0.25) is 0 Å². The molecule has 0 bridgehead atoms. The number of benzene rings is 1. The van der Waals surface area contributed by atoms with Crippen molar-refractivity contribution in [2.75, 3.05) is 110 Å².